The first-order valence-electron chi connectivity index (χ1n) is 8.03. The van der Waals surface area contributed by atoms with Gasteiger partial charge >= 0.3 is 0 Å². The second-order valence-corrected chi connectivity index (χ2v) is 5.92. The van der Waals surface area contributed by atoms with Gasteiger partial charge in [0, 0.05) is 45.0 Å². The average Bonchev–Trinajstić information content (AvgIpc) is 2.54. The molecule has 0 radical (unpaired) electrons. The van der Waals surface area contributed by atoms with Crippen LogP contribution in [0.15, 0.2) is 30.1 Å². The summed E-state index contributed by atoms with van der Waals surface area (Å²) in [6.07, 6.45) is 7.82. The smallest absolute Gasteiger partial charge is 0.219 e. The Morgan fingerprint density at radius 2 is 2.14 bits per heavy atom. The molecule has 1 aliphatic rings. The topological polar surface area (TPSA) is 49.3 Å². The first-order chi connectivity index (χ1) is 10.6. The normalized spacial score (nSPS) is 17.0. The van der Waals surface area contributed by atoms with E-state index in [1.807, 2.05) is 11.0 Å². The number of amides is 1. The lowest BCUT2D eigenvalue weighted by atomic mass is 10.1. The summed E-state index contributed by atoms with van der Waals surface area (Å²) >= 11 is 0. The molecule has 0 bridgehead atoms. The molecular weight excluding hydrogens is 276 g/mol. The maximum Gasteiger partial charge on any atom is 0.219 e. The molecule has 5 nitrogen and oxygen atoms in total. The van der Waals surface area contributed by atoms with Crippen molar-refractivity contribution < 1.29 is 4.79 Å². The Bertz CT molecular complexity index is 515. The number of nitrogens with zero attached hydrogens (tertiary/aromatic N) is 4. The van der Waals surface area contributed by atoms with Crippen LogP contribution in [0.3, 0.4) is 0 Å². The lowest BCUT2D eigenvalue weighted by Crippen LogP contribution is -2.39. The molecular formula is C17H26N4O. The second kappa shape index (κ2) is 8.03. The van der Waals surface area contributed by atoms with E-state index in [9.17, 15) is 4.79 Å². The van der Waals surface area contributed by atoms with Crippen molar-refractivity contribution in [1.82, 2.24) is 19.8 Å². The van der Waals surface area contributed by atoms with Crippen molar-refractivity contribution in [3.8, 4) is 0 Å². The third-order valence-corrected chi connectivity index (χ3v) is 4.27. The Kier molecular flexibility index (Phi) is 6.07. The van der Waals surface area contributed by atoms with Gasteiger partial charge in [0.05, 0.1) is 6.54 Å². The van der Waals surface area contributed by atoms with E-state index in [0.29, 0.717) is 6.04 Å². The molecule has 1 unspecified atom stereocenters. The third-order valence-electron chi connectivity index (χ3n) is 4.27. The van der Waals surface area contributed by atoms with Gasteiger partial charge in [-0.2, -0.15) is 0 Å². The third kappa shape index (κ3) is 4.63. The molecule has 5 heteroatoms. The van der Waals surface area contributed by atoms with Gasteiger partial charge in [-0.15, -0.1) is 0 Å². The van der Waals surface area contributed by atoms with Gasteiger partial charge in [0.15, 0.2) is 0 Å². The van der Waals surface area contributed by atoms with Gasteiger partial charge in [-0.1, -0.05) is 18.6 Å². The fourth-order valence-electron chi connectivity index (χ4n) is 2.67. The van der Waals surface area contributed by atoms with Crippen LogP contribution in [0.5, 0.6) is 0 Å². The van der Waals surface area contributed by atoms with Crippen LogP contribution in [0.25, 0.3) is 0 Å². The first kappa shape index (κ1) is 16.6. The highest BCUT2D eigenvalue weighted by molar-refractivity contribution is 5.73. The van der Waals surface area contributed by atoms with Crippen molar-refractivity contribution in [1.29, 1.82) is 0 Å². The maximum absolute atomic E-state index is 11.8. The first-order valence-corrected chi connectivity index (χ1v) is 8.03. The van der Waals surface area contributed by atoms with Gasteiger partial charge in [0.25, 0.3) is 0 Å². The van der Waals surface area contributed by atoms with Gasteiger partial charge in [0.2, 0.25) is 5.91 Å². The molecule has 1 aliphatic heterocycles. The average molecular weight is 302 g/mol. The fourth-order valence-corrected chi connectivity index (χ4v) is 2.67. The summed E-state index contributed by atoms with van der Waals surface area (Å²) in [5, 5.41) is 0. The number of carbonyl (C=O) groups is 1. The molecule has 2 heterocycles. The van der Waals surface area contributed by atoms with E-state index < -0.39 is 0 Å². The summed E-state index contributed by atoms with van der Waals surface area (Å²) < 4.78 is 0. The van der Waals surface area contributed by atoms with Crippen molar-refractivity contribution in [2.45, 2.75) is 46.2 Å². The minimum absolute atomic E-state index is 0.162. The zero-order chi connectivity index (χ0) is 15.9. The molecule has 120 valence electrons. The summed E-state index contributed by atoms with van der Waals surface area (Å²) in [6, 6.07) is 2.14. The van der Waals surface area contributed by atoms with Gasteiger partial charge in [-0.25, -0.2) is 9.97 Å². The molecule has 1 atom stereocenters. The van der Waals surface area contributed by atoms with E-state index in [4.69, 9.17) is 0 Å². The second-order valence-electron chi connectivity index (χ2n) is 5.92. The number of carbonyl (C=O) groups excluding carboxylic acids is 1. The zero-order valence-corrected chi connectivity index (χ0v) is 13.8. The molecule has 22 heavy (non-hydrogen) atoms. The Morgan fingerprint density at radius 1 is 1.41 bits per heavy atom. The van der Waals surface area contributed by atoms with Crippen molar-refractivity contribution in [2.24, 2.45) is 0 Å². The molecule has 1 aromatic rings. The van der Waals surface area contributed by atoms with Gasteiger partial charge in [-0.05, 0) is 25.8 Å². The largest absolute Gasteiger partial charge is 0.336 e. The van der Waals surface area contributed by atoms with Crippen LogP contribution in [0, 0.1) is 0 Å². The van der Waals surface area contributed by atoms with Crippen LogP contribution in [0.2, 0.25) is 0 Å². The van der Waals surface area contributed by atoms with Crippen LogP contribution < -0.4 is 0 Å². The lowest BCUT2D eigenvalue weighted by Gasteiger charge is -2.31. The Hall–Kier alpha value is -1.75. The predicted octanol–water partition coefficient (Wildman–Crippen LogP) is 2.26. The van der Waals surface area contributed by atoms with Gasteiger partial charge in [0.1, 0.15) is 5.82 Å². The highest BCUT2D eigenvalue weighted by atomic mass is 16.2. The summed E-state index contributed by atoms with van der Waals surface area (Å²) in [4.78, 5) is 24.6. The van der Waals surface area contributed by atoms with E-state index in [0.717, 1.165) is 44.8 Å². The maximum atomic E-state index is 11.8. The minimum Gasteiger partial charge on any atom is -0.336 e. The van der Waals surface area contributed by atoms with Gasteiger partial charge < -0.3 is 4.90 Å². The summed E-state index contributed by atoms with van der Waals surface area (Å²) in [6.45, 7) is 9.35. The molecule has 0 aromatic carbocycles. The number of rotatable bonds is 6. The zero-order valence-electron chi connectivity index (χ0n) is 13.8. The molecule has 0 aliphatic carbocycles. The van der Waals surface area contributed by atoms with Crippen LogP contribution in [0.1, 0.15) is 39.4 Å². The molecule has 0 N–H and O–H groups in total. The standard InChI is InChI=1S/C17H26N4O/c1-4-14(2)21(15(3)22)12-16-6-10-20(11-7-16)13-17-18-8-5-9-19-17/h5-6,8-9,14H,4,7,10-13H2,1-3H3. The van der Waals surface area contributed by atoms with Gasteiger partial charge in [-0.3, -0.25) is 9.69 Å². The highest BCUT2D eigenvalue weighted by Gasteiger charge is 2.19. The van der Waals surface area contributed by atoms with Crippen LogP contribution in [0.4, 0.5) is 0 Å². The van der Waals surface area contributed by atoms with Crippen molar-refractivity contribution in [3.63, 3.8) is 0 Å². The molecule has 1 amide bonds. The quantitative estimate of drug-likeness (QED) is 0.756. The minimum atomic E-state index is 0.162. The molecule has 0 saturated heterocycles. The summed E-state index contributed by atoms with van der Waals surface area (Å²) in [5.74, 6) is 1.03. The highest BCUT2D eigenvalue weighted by Crippen LogP contribution is 2.16. The molecule has 0 saturated carbocycles. The summed E-state index contributed by atoms with van der Waals surface area (Å²) in [7, 11) is 0. The van der Waals surface area contributed by atoms with E-state index >= 15 is 0 Å². The number of hydrogen-bond acceptors (Lipinski definition) is 4. The number of aromatic nitrogens is 2. The Balaban J connectivity index is 1.89. The SMILES string of the molecule is CCC(C)N(CC1=CCN(Cc2ncccn2)CC1)C(C)=O. The van der Waals surface area contributed by atoms with Crippen LogP contribution in [-0.4, -0.2) is 51.4 Å². The number of hydrogen-bond donors (Lipinski definition) is 0. The van der Waals surface area contributed by atoms with Crippen LogP contribution in [-0.2, 0) is 11.3 Å². The van der Waals surface area contributed by atoms with Crippen molar-refractivity contribution >= 4 is 5.91 Å². The predicted molar refractivity (Wildman–Crippen MR) is 87.1 cm³/mol. The molecule has 2 rings (SSSR count). The van der Waals surface area contributed by atoms with E-state index in [1.54, 1.807) is 19.3 Å². The molecule has 0 fully saturated rings. The van der Waals surface area contributed by atoms with Crippen molar-refractivity contribution in [3.05, 3.63) is 35.9 Å². The Morgan fingerprint density at radius 3 is 2.68 bits per heavy atom. The monoisotopic (exact) mass is 302 g/mol. The van der Waals surface area contributed by atoms with E-state index in [1.165, 1.54) is 5.57 Å². The fraction of sp³-hybridized carbons (Fsp3) is 0.588. The lowest BCUT2D eigenvalue weighted by molar-refractivity contribution is -0.130. The van der Waals surface area contributed by atoms with Crippen molar-refractivity contribution in [2.75, 3.05) is 19.6 Å². The Labute approximate surface area is 133 Å². The van der Waals surface area contributed by atoms with E-state index in [2.05, 4.69) is 34.8 Å². The van der Waals surface area contributed by atoms with E-state index in [-0.39, 0.29) is 5.91 Å². The van der Waals surface area contributed by atoms with Crippen LogP contribution >= 0.6 is 0 Å². The summed E-state index contributed by atoms with van der Waals surface area (Å²) in [5.41, 5.74) is 1.36. The molecule has 0 spiro atoms. The molecule has 1 aromatic heterocycles.